The van der Waals surface area contributed by atoms with Crippen LogP contribution in [0.15, 0.2) is 42.6 Å². The number of carboxylic acid groups (broad SMARTS) is 1. The molecule has 7 nitrogen and oxygen atoms in total. The Labute approximate surface area is 163 Å². The molecule has 0 aliphatic carbocycles. The Morgan fingerprint density at radius 2 is 1.89 bits per heavy atom. The lowest BCUT2D eigenvalue weighted by molar-refractivity contribution is -0.141. The van der Waals surface area contributed by atoms with Crippen molar-refractivity contribution < 1.29 is 14.7 Å². The van der Waals surface area contributed by atoms with E-state index in [2.05, 4.69) is 10.1 Å². The van der Waals surface area contributed by atoms with Crippen LogP contribution in [0.4, 0.5) is 0 Å². The van der Waals surface area contributed by atoms with Crippen LogP contribution < -0.4 is 0 Å². The summed E-state index contributed by atoms with van der Waals surface area (Å²) in [6.07, 6.45) is 1.85. The predicted molar refractivity (Wildman–Crippen MR) is 106 cm³/mol. The zero-order chi connectivity index (χ0) is 20.4. The first-order valence-corrected chi connectivity index (χ1v) is 9.18. The molecular weight excluding hydrogens is 356 g/mol. The van der Waals surface area contributed by atoms with E-state index in [1.54, 1.807) is 16.9 Å². The maximum atomic E-state index is 13.2. The summed E-state index contributed by atoms with van der Waals surface area (Å²) in [5.41, 5.74) is 2.58. The summed E-state index contributed by atoms with van der Waals surface area (Å²) in [5, 5.41) is 14.7. The number of benzene rings is 1. The molecule has 2 heterocycles. The molecule has 1 atom stereocenters. The molecular formula is C21H24N4O3. The van der Waals surface area contributed by atoms with Crippen molar-refractivity contribution in [1.82, 2.24) is 19.7 Å². The highest BCUT2D eigenvalue weighted by molar-refractivity contribution is 6.06. The molecule has 1 amide bonds. The van der Waals surface area contributed by atoms with Gasteiger partial charge in [-0.05, 0) is 32.4 Å². The average molecular weight is 380 g/mol. The third-order valence-corrected chi connectivity index (χ3v) is 4.76. The topological polar surface area (TPSA) is 88.3 Å². The summed E-state index contributed by atoms with van der Waals surface area (Å²) in [7, 11) is 1.53. The fourth-order valence-corrected chi connectivity index (χ4v) is 3.26. The molecule has 0 fully saturated rings. The summed E-state index contributed by atoms with van der Waals surface area (Å²) >= 11 is 0. The molecule has 3 aromatic rings. The van der Waals surface area contributed by atoms with Crippen LogP contribution in [0.3, 0.4) is 0 Å². The first-order chi connectivity index (χ1) is 13.3. The molecule has 2 aromatic heterocycles. The molecule has 0 bridgehead atoms. The van der Waals surface area contributed by atoms with Gasteiger partial charge in [-0.2, -0.15) is 5.10 Å². The number of rotatable bonds is 6. The van der Waals surface area contributed by atoms with E-state index in [0.717, 1.165) is 5.56 Å². The number of carbonyl (C=O) groups is 2. The first-order valence-electron chi connectivity index (χ1n) is 9.18. The van der Waals surface area contributed by atoms with Crippen molar-refractivity contribution in [2.45, 2.75) is 39.3 Å². The van der Waals surface area contributed by atoms with E-state index in [4.69, 9.17) is 0 Å². The third kappa shape index (κ3) is 3.74. The number of pyridine rings is 1. The predicted octanol–water partition coefficient (Wildman–Crippen LogP) is 3.09. The van der Waals surface area contributed by atoms with Gasteiger partial charge in [-0.3, -0.25) is 4.79 Å². The molecule has 0 saturated carbocycles. The lowest BCUT2D eigenvalue weighted by atomic mass is 10.0. The molecule has 7 heteroatoms. The second kappa shape index (κ2) is 7.80. The summed E-state index contributed by atoms with van der Waals surface area (Å²) in [6, 6.07) is 10.1. The highest BCUT2D eigenvalue weighted by Gasteiger charge is 2.29. The van der Waals surface area contributed by atoms with E-state index in [9.17, 15) is 14.7 Å². The van der Waals surface area contributed by atoms with Gasteiger partial charge < -0.3 is 10.0 Å². The molecule has 0 aliphatic heterocycles. The number of carboxylic acids is 1. The molecule has 1 N–H and O–H groups in total. The molecule has 146 valence electrons. The van der Waals surface area contributed by atoms with E-state index in [0.29, 0.717) is 22.3 Å². The Morgan fingerprint density at radius 1 is 1.21 bits per heavy atom. The second-order valence-electron chi connectivity index (χ2n) is 7.19. The molecule has 0 spiro atoms. The lowest BCUT2D eigenvalue weighted by Gasteiger charge is -2.25. The van der Waals surface area contributed by atoms with Crippen molar-refractivity contribution >= 4 is 22.9 Å². The van der Waals surface area contributed by atoms with Crippen LogP contribution in [0.25, 0.3) is 11.0 Å². The van der Waals surface area contributed by atoms with Crippen molar-refractivity contribution in [2.75, 3.05) is 7.05 Å². The van der Waals surface area contributed by atoms with Gasteiger partial charge in [-0.15, -0.1) is 0 Å². The maximum Gasteiger partial charge on any atom is 0.326 e. The number of carbonyl (C=O) groups excluding carboxylic acids is 1. The SMILES string of the molecule is Cc1cc(C(=O)N(C)C(Cc2ccccc2)C(=O)O)c2cnn(C(C)C)c2n1. The van der Waals surface area contributed by atoms with Crippen molar-refractivity contribution in [3.05, 3.63) is 59.4 Å². The Hall–Kier alpha value is -3.22. The lowest BCUT2D eigenvalue weighted by Crippen LogP contribution is -2.44. The highest BCUT2D eigenvalue weighted by Crippen LogP contribution is 2.23. The maximum absolute atomic E-state index is 13.2. The molecule has 1 aromatic carbocycles. The van der Waals surface area contributed by atoms with Crippen LogP contribution in [-0.2, 0) is 11.2 Å². The summed E-state index contributed by atoms with van der Waals surface area (Å²) < 4.78 is 1.76. The molecule has 0 radical (unpaired) electrons. The Morgan fingerprint density at radius 3 is 2.50 bits per heavy atom. The van der Waals surface area contributed by atoms with Gasteiger partial charge in [0.05, 0.1) is 17.1 Å². The van der Waals surface area contributed by atoms with Gasteiger partial charge in [0.25, 0.3) is 5.91 Å². The zero-order valence-corrected chi connectivity index (χ0v) is 16.5. The fraction of sp³-hybridized carbons (Fsp3) is 0.333. The van der Waals surface area contributed by atoms with Crippen molar-refractivity contribution in [3.8, 4) is 0 Å². The van der Waals surface area contributed by atoms with Gasteiger partial charge in [0, 0.05) is 25.2 Å². The second-order valence-corrected chi connectivity index (χ2v) is 7.19. The number of nitrogens with zero attached hydrogens (tertiary/aromatic N) is 4. The van der Waals surface area contributed by atoms with E-state index < -0.39 is 12.0 Å². The molecule has 1 unspecified atom stereocenters. The highest BCUT2D eigenvalue weighted by atomic mass is 16.4. The number of amides is 1. The average Bonchev–Trinajstić information content (AvgIpc) is 3.09. The molecule has 0 aliphatic rings. The Balaban J connectivity index is 1.99. The number of aryl methyl sites for hydroxylation is 1. The van der Waals surface area contributed by atoms with Gasteiger partial charge in [0.1, 0.15) is 6.04 Å². The van der Waals surface area contributed by atoms with Crippen LogP contribution in [0.2, 0.25) is 0 Å². The van der Waals surface area contributed by atoms with Crippen molar-refractivity contribution in [2.24, 2.45) is 0 Å². The van der Waals surface area contributed by atoms with E-state index in [1.165, 1.54) is 11.9 Å². The third-order valence-electron chi connectivity index (χ3n) is 4.76. The standard InChI is InChI=1S/C21H24N4O3/c1-13(2)25-19-17(12-22-25)16(10-14(3)23-19)20(26)24(4)18(21(27)28)11-15-8-6-5-7-9-15/h5-10,12-13,18H,11H2,1-4H3,(H,27,28). The minimum atomic E-state index is -1.04. The monoisotopic (exact) mass is 380 g/mol. The fourth-order valence-electron chi connectivity index (χ4n) is 3.26. The molecule has 0 saturated heterocycles. The number of fused-ring (bicyclic) bond motifs is 1. The van der Waals surface area contributed by atoms with Crippen molar-refractivity contribution in [3.63, 3.8) is 0 Å². The number of hydrogen-bond acceptors (Lipinski definition) is 4. The summed E-state index contributed by atoms with van der Waals surface area (Å²) in [4.78, 5) is 30.9. The summed E-state index contributed by atoms with van der Waals surface area (Å²) in [6.45, 7) is 5.79. The number of likely N-dealkylation sites (N-methyl/N-ethyl adjacent to an activating group) is 1. The largest absolute Gasteiger partial charge is 0.480 e. The van der Waals surface area contributed by atoms with Gasteiger partial charge in [-0.25, -0.2) is 14.5 Å². The Kier molecular flexibility index (Phi) is 5.44. The van der Waals surface area contributed by atoms with Gasteiger partial charge in [0.2, 0.25) is 0 Å². The zero-order valence-electron chi connectivity index (χ0n) is 16.5. The van der Waals surface area contributed by atoms with E-state index in [-0.39, 0.29) is 18.4 Å². The normalized spacial score (nSPS) is 12.3. The first kappa shape index (κ1) is 19.5. The number of aliphatic carboxylic acids is 1. The number of aromatic nitrogens is 3. The van der Waals surface area contributed by atoms with Gasteiger partial charge >= 0.3 is 5.97 Å². The van der Waals surface area contributed by atoms with E-state index in [1.807, 2.05) is 51.1 Å². The van der Waals surface area contributed by atoms with Crippen LogP contribution in [-0.4, -0.2) is 49.7 Å². The van der Waals surface area contributed by atoms with Crippen molar-refractivity contribution in [1.29, 1.82) is 0 Å². The van der Waals surface area contributed by atoms with E-state index >= 15 is 0 Å². The van der Waals surface area contributed by atoms with Crippen LogP contribution >= 0.6 is 0 Å². The van der Waals surface area contributed by atoms with Crippen LogP contribution in [0, 0.1) is 6.92 Å². The van der Waals surface area contributed by atoms with Gasteiger partial charge in [0.15, 0.2) is 5.65 Å². The minimum Gasteiger partial charge on any atom is -0.480 e. The number of hydrogen-bond donors (Lipinski definition) is 1. The molecule has 3 rings (SSSR count). The van der Waals surface area contributed by atoms with Crippen LogP contribution in [0.5, 0.6) is 0 Å². The quantitative estimate of drug-likeness (QED) is 0.710. The smallest absolute Gasteiger partial charge is 0.326 e. The summed E-state index contributed by atoms with van der Waals surface area (Å²) in [5.74, 6) is -1.40. The molecule has 28 heavy (non-hydrogen) atoms. The minimum absolute atomic E-state index is 0.0948. The Bertz CT molecular complexity index is 1010. The van der Waals surface area contributed by atoms with Gasteiger partial charge in [-0.1, -0.05) is 30.3 Å². The van der Waals surface area contributed by atoms with Crippen LogP contribution in [0.1, 0.15) is 41.5 Å².